The van der Waals surface area contributed by atoms with Gasteiger partial charge in [-0.25, -0.2) is 9.98 Å². The molecule has 0 aliphatic carbocycles. The first-order valence-corrected chi connectivity index (χ1v) is 8.78. The lowest BCUT2D eigenvalue weighted by Crippen LogP contribution is -2.36. The molecule has 1 saturated heterocycles. The molecule has 1 aliphatic rings. The molecular formula is C17H22BrN7. The van der Waals surface area contributed by atoms with Crippen molar-refractivity contribution in [2.75, 3.05) is 37.8 Å². The van der Waals surface area contributed by atoms with Gasteiger partial charge in [0.1, 0.15) is 23.4 Å². The Morgan fingerprint density at radius 3 is 2.88 bits per heavy atom. The van der Waals surface area contributed by atoms with Crippen LogP contribution in [0.1, 0.15) is 12.8 Å². The minimum absolute atomic E-state index is 0.122. The van der Waals surface area contributed by atoms with Crippen molar-refractivity contribution in [3.05, 3.63) is 29.0 Å². The number of nitriles is 1. The van der Waals surface area contributed by atoms with Crippen molar-refractivity contribution in [3.8, 4) is 6.07 Å². The summed E-state index contributed by atoms with van der Waals surface area (Å²) >= 11 is 3.54. The van der Waals surface area contributed by atoms with E-state index >= 15 is 0 Å². The lowest BCUT2D eigenvalue weighted by molar-refractivity contribution is 0.264. The molecule has 1 aliphatic heterocycles. The molecule has 8 heteroatoms. The van der Waals surface area contributed by atoms with Gasteiger partial charge in [0.25, 0.3) is 0 Å². The summed E-state index contributed by atoms with van der Waals surface area (Å²) in [5.41, 5.74) is 1.11. The van der Waals surface area contributed by atoms with Crippen LogP contribution in [0.15, 0.2) is 39.0 Å². The van der Waals surface area contributed by atoms with Crippen LogP contribution in [0.3, 0.4) is 0 Å². The summed E-state index contributed by atoms with van der Waals surface area (Å²) in [6.45, 7) is 5.69. The summed E-state index contributed by atoms with van der Waals surface area (Å²) in [5, 5.41) is 15.4. The van der Waals surface area contributed by atoms with E-state index < -0.39 is 0 Å². The van der Waals surface area contributed by atoms with Crippen molar-refractivity contribution in [2.24, 2.45) is 9.98 Å². The summed E-state index contributed by atoms with van der Waals surface area (Å²) in [7, 11) is 3.79. The van der Waals surface area contributed by atoms with Crippen LogP contribution in [0.4, 0.5) is 11.5 Å². The molecule has 0 amide bonds. The van der Waals surface area contributed by atoms with Crippen LogP contribution >= 0.6 is 15.9 Å². The van der Waals surface area contributed by atoms with Crippen LogP contribution in [-0.2, 0) is 0 Å². The molecule has 0 bridgehead atoms. The molecule has 0 spiro atoms. The van der Waals surface area contributed by atoms with Crippen LogP contribution in [-0.4, -0.2) is 55.2 Å². The van der Waals surface area contributed by atoms with Crippen molar-refractivity contribution >= 4 is 39.5 Å². The molecule has 7 nitrogen and oxygen atoms in total. The van der Waals surface area contributed by atoms with Crippen LogP contribution in [0.2, 0.25) is 0 Å². The number of aromatic nitrogens is 1. The third-order valence-corrected chi connectivity index (χ3v) is 4.53. The van der Waals surface area contributed by atoms with E-state index in [9.17, 15) is 0 Å². The molecule has 2 heterocycles. The number of amidine groups is 1. The minimum Gasteiger partial charge on any atom is -0.381 e. The Balaban J connectivity index is 2.06. The summed E-state index contributed by atoms with van der Waals surface area (Å²) < 4.78 is 0.915. The number of nitrogens with zero attached hydrogens (tertiary/aromatic N) is 5. The third-order valence-electron chi connectivity index (χ3n) is 3.90. The highest BCUT2D eigenvalue weighted by Crippen LogP contribution is 2.26. The Morgan fingerprint density at radius 2 is 2.24 bits per heavy atom. The van der Waals surface area contributed by atoms with Crippen molar-refractivity contribution in [1.29, 1.82) is 5.26 Å². The number of pyridine rings is 1. The Morgan fingerprint density at radius 1 is 1.52 bits per heavy atom. The Kier molecular flexibility index (Phi) is 7.10. The van der Waals surface area contributed by atoms with Gasteiger partial charge in [-0.15, -0.1) is 0 Å². The maximum atomic E-state index is 8.70. The van der Waals surface area contributed by atoms with E-state index in [2.05, 4.69) is 60.1 Å². The second kappa shape index (κ2) is 9.30. The van der Waals surface area contributed by atoms with Gasteiger partial charge in [0.2, 0.25) is 0 Å². The highest BCUT2D eigenvalue weighted by Gasteiger charge is 2.17. The molecule has 2 N–H and O–H groups in total. The number of allylic oxidation sites excluding steroid dienone is 1. The number of hydrogen-bond acceptors (Lipinski definition) is 6. The number of rotatable bonds is 5. The summed E-state index contributed by atoms with van der Waals surface area (Å²) in [5.74, 6) is 1.14. The fourth-order valence-corrected chi connectivity index (χ4v) is 2.77. The predicted molar refractivity (Wildman–Crippen MR) is 106 cm³/mol. The van der Waals surface area contributed by atoms with Gasteiger partial charge in [-0.2, -0.15) is 5.26 Å². The molecule has 1 aromatic heterocycles. The molecule has 0 aromatic carbocycles. The van der Waals surface area contributed by atoms with E-state index in [1.165, 1.54) is 6.21 Å². The zero-order valence-electron chi connectivity index (χ0n) is 14.5. The molecule has 0 saturated carbocycles. The number of anilines is 2. The first-order valence-electron chi connectivity index (χ1n) is 7.99. The Labute approximate surface area is 156 Å². The van der Waals surface area contributed by atoms with Gasteiger partial charge in [-0.1, -0.05) is 6.58 Å². The fourth-order valence-electron chi connectivity index (χ4n) is 2.44. The van der Waals surface area contributed by atoms with E-state index in [0.717, 1.165) is 36.1 Å². The van der Waals surface area contributed by atoms with E-state index in [-0.39, 0.29) is 5.70 Å². The molecule has 1 fully saturated rings. The Hall–Kier alpha value is -2.24. The SMILES string of the molecule is C=C(C#N)N=CC(=NC)Nc1cc(NC2CCN(C)CC2)c(Br)cn1. The first kappa shape index (κ1) is 19.1. The first-order chi connectivity index (χ1) is 12.0. The summed E-state index contributed by atoms with van der Waals surface area (Å²) in [4.78, 5) is 14.7. The van der Waals surface area contributed by atoms with E-state index in [1.54, 1.807) is 13.2 Å². The maximum Gasteiger partial charge on any atom is 0.145 e. The smallest absolute Gasteiger partial charge is 0.145 e. The van der Waals surface area contributed by atoms with Crippen LogP contribution in [0.25, 0.3) is 0 Å². The highest BCUT2D eigenvalue weighted by molar-refractivity contribution is 9.10. The normalized spacial score (nSPS) is 16.6. The topological polar surface area (TPSA) is 88.7 Å². The van der Waals surface area contributed by atoms with Crippen molar-refractivity contribution in [3.63, 3.8) is 0 Å². The molecule has 0 radical (unpaired) electrons. The summed E-state index contributed by atoms with van der Waals surface area (Å²) in [6, 6.07) is 4.24. The lowest BCUT2D eigenvalue weighted by Gasteiger charge is -2.30. The molecular weight excluding hydrogens is 382 g/mol. The van der Waals surface area contributed by atoms with Gasteiger partial charge < -0.3 is 15.5 Å². The van der Waals surface area contributed by atoms with Gasteiger partial charge in [0, 0.05) is 25.4 Å². The standard InChI is InChI=1S/C17H22BrN7/c1-12(9-19)21-11-17(20-2)24-16-8-15(14(18)10-22-16)23-13-4-6-25(3)7-5-13/h8,10-11,13H,1,4-7H2,2-3H3,(H2,20,22,23,24). The molecule has 132 valence electrons. The van der Waals surface area contributed by atoms with Gasteiger partial charge in [-0.05, 0) is 48.9 Å². The monoisotopic (exact) mass is 403 g/mol. The van der Waals surface area contributed by atoms with E-state index in [1.807, 2.05) is 12.1 Å². The van der Waals surface area contributed by atoms with Gasteiger partial charge in [0.15, 0.2) is 0 Å². The van der Waals surface area contributed by atoms with E-state index in [4.69, 9.17) is 5.26 Å². The largest absolute Gasteiger partial charge is 0.381 e. The number of aliphatic imine (C=N–C) groups is 2. The third kappa shape index (κ3) is 5.96. The average molecular weight is 404 g/mol. The van der Waals surface area contributed by atoms with Crippen LogP contribution in [0.5, 0.6) is 0 Å². The van der Waals surface area contributed by atoms with Crippen LogP contribution in [0, 0.1) is 11.3 Å². The number of hydrogen-bond donors (Lipinski definition) is 2. The van der Waals surface area contributed by atoms with Crippen molar-refractivity contribution in [2.45, 2.75) is 18.9 Å². The quantitative estimate of drug-likeness (QED) is 0.448. The zero-order valence-corrected chi connectivity index (χ0v) is 16.0. The molecule has 0 atom stereocenters. The highest BCUT2D eigenvalue weighted by atomic mass is 79.9. The number of piperidine rings is 1. The van der Waals surface area contributed by atoms with Crippen molar-refractivity contribution < 1.29 is 0 Å². The van der Waals surface area contributed by atoms with Gasteiger partial charge >= 0.3 is 0 Å². The molecule has 0 unspecified atom stereocenters. The number of halogens is 1. The second-order valence-corrected chi connectivity index (χ2v) is 6.68. The second-order valence-electron chi connectivity index (χ2n) is 5.82. The fraction of sp³-hybridized carbons (Fsp3) is 0.412. The minimum atomic E-state index is 0.122. The average Bonchev–Trinajstić information content (AvgIpc) is 2.62. The maximum absolute atomic E-state index is 8.70. The molecule has 2 rings (SSSR count). The number of nitrogens with one attached hydrogen (secondary N) is 2. The van der Waals surface area contributed by atoms with Gasteiger partial charge in [0.05, 0.1) is 16.4 Å². The Bertz CT molecular complexity index is 712. The van der Waals surface area contributed by atoms with Gasteiger partial charge in [-0.3, -0.25) is 4.99 Å². The number of likely N-dealkylation sites (tertiary alicyclic amines) is 1. The predicted octanol–water partition coefficient (Wildman–Crippen LogP) is 2.90. The molecule has 1 aromatic rings. The summed E-state index contributed by atoms with van der Waals surface area (Å²) in [6.07, 6.45) is 5.43. The van der Waals surface area contributed by atoms with E-state index in [0.29, 0.717) is 17.7 Å². The zero-order chi connectivity index (χ0) is 18.2. The van der Waals surface area contributed by atoms with Crippen molar-refractivity contribution in [1.82, 2.24) is 9.88 Å². The lowest BCUT2D eigenvalue weighted by atomic mass is 10.1. The molecule has 25 heavy (non-hydrogen) atoms. The van der Waals surface area contributed by atoms with Crippen LogP contribution < -0.4 is 10.6 Å².